The van der Waals surface area contributed by atoms with E-state index in [9.17, 15) is 0 Å². The SMILES string of the molecule is COc1ccc(CNc2cnnc3cc(-c4cc(Cl)c(CCOC5NCCO5)cc4OC)ccc23)c(OC)c1. The molecular weight excluding hydrogens is 520 g/mol. The smallest absolute Gasteiger partial charge is 0.216 e. The van der Waals surface area contributed by atoms with Gasteiger partial charge in [-0.3, -0.25) is 5.32 Å². The molecule has 0 amide bonds. The monoisotopic (exact) mass is 550 g/mol. The molecule has 1 atom stereocenters. The number of anilines is 1. The summed E-state index contributed by atoms with van der Waals surface area (Å²) in [6.45, 7) is 2.47. The van der Waals surface area contributed by atoms with Gasteiger partial charge in [0.25, 0.3) is 0 Å². The first-order chi connectivity index (χ1) is 19.1. The number of fused-ring (bicyclic) bond motifs is 1. The van der Waals surface area contributed by atoms with Crippen LogP contribution in [-0.2, 0) is 22.4 Å². The van der Waals surface area contributed by atoms with Crippen molar-refractivity contribution in [1.29, 1.82) is 0 Å². The van der Waals surface area contributed by atoms with Crippen LogP contribution in [0.1, 0.15) is 11.1 Å². The first-order valence-electron chi connectivity index (χ1n) is 12.6. The molecule has 1 aliphatic rings. The zero-order valence-corrected chi connectivity index (χ0v) is 22.9. The Morgan fingerprint density at radius 1 is 1.00 bits per heavy atom. The summed E-state index contributed by atoms with van der Waals surface area (Å²) in [5.74, 6) is 2.21. The maximum Gasteiger partial charge on any atom is 0.216 e. The van der Waals surface area contributed by atoms with Gasteiger partial charge in [-0.05, 0) is 53.9 Å². The Kier molecular flexibility index (Phi) is 8.63. The molecule has 2 N–H and O–H groups in total. The molecule has 39 heavy (non-hydrogen) atoms. The van der Waals surface area contributed by atoms with Gasteiger partial charge in [-0.2, -0.15) is 10.2 Å². The zero-order chi connectivity index (χ0) is 27.2. The summed E-state index contributed by atoms with van der Waals surface area (Å²) in [7, 11) is 4.93. The molecule has 2 heterocycles. The average Bonchev–Trinajstić information content (AvgIpc) is 3.50. The van der Waals surface area contributed by atoms with Gasteiger partial charge in [0.05, 0.1) is 51.9 Å². The van der Waals surface area contributed by atoms with E-state index < -0.39 is 0 Å². The van der Waals surface area contributed by atoms with Crippen LogP contribution in [0.5, 0.6) is 17.2 Å². The van der Waals surface area contributed by atoms with E-state index in [0.29, 0.717) is 31.2 Å². The van der Waals surface area contributed by atoms with Crippen LogP contribution in [0.3, 0.4) is 0 Å². The van der Waals surface area contributed by atoms with E-state index in [1.807, 2.05) is 48.5 Å². The number of nitrogens with zero attached hydrogens (tertiary/aromatic N) is 2. The minimum Gasteiger partial charge on any atom is -0.497 e. The molecule has 10 heteroatoms. The third-order valence-electron chi connectivity index (χ3n) is 6.61. The number of hydrogen-bond acceptors (Lipinski definition) is 9. The number of methoxy groups -OCH3 is 3. The van der Waals surface area contributed by atoms with Gasteiger partial charge in [-0.1, -0.05) is 17.7 Å². The molecule has 4 aromatic rings. The van der Waals surface area contributed by atoms with Crippen LogP contribution in [-0.4, -0.2) is 57.7 Å². The van der Waals surface area contributed by atoms with Crippen LogP contribution in [0.2, 0.25) is 5.02 Å². The fourth-order valence-corrected chi connectivity index (χ4v) is 4.78. The van der Waals surface area contributed by atoms with Gasteiger partial charge in [-0.15, -0.1) is 0 Å². The maximum absolute atomic E-state index is 6.68. The zero-order valence-electron chi connectivity index (χ0n) is 22.1. The van der Waals surface area contributed by atoms with Crippen LogP contribution in [0.25, 0.3) is 22.0 Å². The van der Waals surface area contributed by atoms with Gasteiger partial charge in [0.2, 0.25) is 6.41 Å². The summed E-state index contributed by atoms with van der Waals surface area (Å²) < 4.78 is 27.7. The van der Waals surface area contributed by atoms with Crippen molar-refractivity contribution in [3.63, 3.8) is 0 Å². The lowest BCUT2D eigenvalue weighted by molar-refractivity contribution is -0.121. The van der Waals surface area contributed by atoms with E-state index in [1.54, 1.807) is 27.5 Å². The molecule has 0 radical (unpaired) electrons. The minimum atomic E-state index is -0.360. The summed E-state index contributed by atoms with van der Waals surface area (Å²) in [6, 6.07) is 15.7. The van der Waals surface area contributed by atoms with Gasteiger partial charge in [-0.25, -0.2) is 0 Å². The average molecular weight is 551 g/mol. The lowest BCUT2D eigenvalue weighted by atomic mass is 10.00. The highest BCUT2D eigenvalue weighted by molar-refractivity contribution is 6.31. The summed E-state index contributed by atoms with van der Waals surface area (Å²) >= 11 is 6.68. The van der Waals surface area contributed by atoms with E-state index >= 15 is 0 Å². The van der Waals surface area contributed by atoms with Crippen molar-refractivity contribution in [3.05, 3.63) is 70.9 Å². The lowest BCUT2D eigenvalue weighted by Crippen LogP contribution is -2.26. The number of ether oxygens (including phenoxy) is 5. The molecule has 1 saturated heterocycles. The molecule has 0 bridgehead atoms. The quantitative estimate of drug-likeness (QED) is 0.266. The highest BCUT2D eigenvalue weighted by Gasteiger charge is 2.16. The Morgan fingerprint density at radius 2 is 1.87 bits per heavy atom. The molecular formula is C29H31ClN4O5. The standard InChI is InChI=1S/C29H31ClN4O5/c1-35-21-6-4-20(27(14-21)36-2)16-32-26-17-33-34-25-12-18(5-7-22(25)26)23-15-24(30)19(13-28(23)37-3)8-10-38-29-31-9-11-39-29/h4-7,12-15,17,29,31H,8-11,16H2,1-3H3,(H,32,34). The second kappa shape index (κ2) is 12.5. The van der Waals surface area contributed by atoms with Crippen molar-refractivity contribution < 1.29 is 23.7 Å². The molecule has 204 valence electrons. The Balaban J connectivity index is 1.35. The van der Waals surface area contributed by atoms with E-state index in [2.05, 4.69) is 20.8 Å². The van der Waals surface area contributed by atoms with Crippen LogP contribution in [0.15, 0.2) is 54.7 Å². The molecule has 1 aliphatic heterocycles. The Labute approximate surface area is 232 Å². The molecule has 1 fully saturated rings. The fraction of sp³-hybridized carbons (Fsp3) is 0.310. The molecule has 1 aromatic heterocycles. The van der Waals surface area contributed by atoms with Crippen molar-refractivity contribution in [2.24, 2.45) is 0 Å². The Bertz CT molecular complexity index is 1450. The van der Waals surface area contributed by atoms with Crippen LogP contribution < -0.4 is 24.8 Å². The van der Waals surface area contributed by atoms with Gasteiger partial charge < -0.3 is 29.0 Å². The molecule has 0 spiro atoms. The van der Waals surface area contributed by atoms with Crippen LogP contribution >= 0.6 is 11.6 Å². The first-order valence-corrected chi connectivity index (χ1v) is 13.0. The molecule has 1 unspecified atom stereocenters. The predicted octanol–water partition coefficient (Wildman–Crippen LogP) is 5.05. The third-order valence-corrected chi connectivity index (χ3v) is 6.96. The number of rotatable bonds is 11. The van der Waals surface area contributed by atoms with Gasteiger partial charge in [0.1, 0.15) is 17.2 Å². The second-order valence-corrected chi connectivity index (χ2v) is 9.35. The van der Waals surface area contributed by atoms with Crippen molar-refractivity contribution in [3.8, 4) is 28.4 Å². The Morgan fingerprint density at radius 3 is 2.64 bits per heavy atom. The topological polar surface area (TPSA) is 96.0 Å². The van der Waals surface area contributed by atoms with E-state index in [-0.39, 0.29) is 6.41 Å². The molecule has 3 aromatic carbocycles. The van der Waals surface area contributed by atoms with Crippen LogP contribution in [0.4, 0.5) is 5.69 Å². The van der Waals surface area contributed by atoms with Crippen molar-refractivity contribution in [1.82, 2.24) is 15.5 Å². The molecule has 5 rings (SSSR count). The highest BCUT2D eigenvalue weighted by Crippen LogP contribution is 2.37. The fourth-order valence-electron chi connectivity index (χ4n) is 4.52. The largest absolute Gasteiger partial charge is 0.497 e. The summed E-state index contributed by atoms with van der Waals surface area (Å²) in [4.78, 5) is 0. The van der Waals surface area contributed by atoms with E-state index in [1.165, 1.54) is 0 Å². The number of benzene rings is 3. The Hall–Kier alpha value is -3.63. The second-order valence-electron chi connectivity index (χ2n) is 8.94. The third kappa shape index (κ3) is 6.17. The summed E-state index contributed by atoms with van der Waals surface area (Å²) in [5, 5.41) is 16.8. The van der Waals surface area contributed by atoms with E-state index in [4.69, 9.17) is 35.3 Å². The maximum atomic E-state index is 6.68. The molecule has 0 aliphatic carbocycles. The summed E-state index contributed by atoms with van der Waals surface area (Å²) in [5.41, 5.74) is 5.35. The summed E-state index contributed by atoms with van der Waals surface area (Å²) in [6.07, 6.45) is 1.99. The number of aromatic nitrogens is 2. The normalized spacial score (nSPS) is 14.9. The first kappa shape index (κ1) is 27.0. The van der Waals surface area contributed by atoms with Crippen molar-refractivity contribution >= 4 is 28.2 Å². The lowest BCUT2D eigenvalue weighted by Gasteiger charge is -2.16. The van der Waals surface area contributed by atoms with Crippen molar-refractivity contribution in [2.75, 3.05) is 46.4 Å². The molecule has 9 nitrogen and oxygen atoms in total. The number of hydrogen-bond donors (Lipinski definition) is 2. The van der Waals surface area contributed by atoms with Gasteiger partial charge in [0, 0.05) is 40.7 Å². The van der Waals surface area contributed by atoms with Gasteiger partial charge >= 0.3 is 0 Å². The van der Waals surface area contributed by atoms with Gasteiger partial charge in [0.15, 0.2) is 0 Å². The highest BCUT2D eigenvalue weighted by atomic mass is 35.5. The number of halogens is 1. The van der Waals surface area contributed by atoms with Crippen LogP contribution in [0, 0.1) is 0 Å². The minimum absolute atomic E-state index is 0.360. The van der Waals surface area contributed by atoms with Crippen molar-refractivity contribution in [2.45, 2.75) is 19.4 Å². The molecule has 0 saturated carbocycles. The van der Waals surface area contributed by atoms with E-state index in [0.717, 1.165) is 62.6 Å². The predicted molar refractivity (Wildman–Crippen MR) is 151 cm³/mol. The number of nitrogens with one attached hydrogen (secondary N) is 2.